The Morgan fingerprint density at radius 2 is 1.79 bits per heavy atom. The minimum Gasteiger partial charge on any atom is -0.338 e. The summed E-state index contributed by atoms with van der Waals surface area (Å²) in [6.45, 7) is 1.96. The van der Waals surface area contributed by atoms with E-state index in [0.717, 1.165) is 5.56 Å². The summed E-state index contributed by atoms with van der Waals surface area (Å²) in [6, 6.07) is 11.7. The molecule has 3 rings (SSSR count). The number of carbonyl (C=O) groups excluding carboxylic acids is 1. The first-order valence-electron chi connectivity index (χ1n) is 7.29. The molecule has 0 bridgehead atoms. The molecule has 122 valence electrons. The van der Waals surface area contributed by atoms with Crippen molar-refractivity contribution in [2.45, 2.75) is 13.5 Å². The third kappa shape index (κ3) is 3.45. The van der Waals surface area contributed by atoms with Gasteiger partial charge in [-0.3, -0.25) is 9.59 Å². The van der Waals surface area contributed by atoms with Crippen LogP contribution >= 0.6 is 23.2 Å². The summed E-state index contributed by atoms with van der Waals surface area (Å²) in [6.07, 6.45) is 1.60. The molecule has 0 aliphatic carbocycles. The van der Waals surface area contributed by atoms with Gasteiger partial charge in [0.15, 0.2) is 5.43 Å². The van der Waals surface area contributed by atoms with E-state index in [9.17, 15) is 9.59 Å². The number of hydrogen-bond donors (Lipinski definition) is 1. The third-order valence-electron chi connectivity index (χ3n) is 3.72. The molecule has 3 aromatic rings. The van der Waals surface area contributed by atoms with Gasteiger partial charge in [-0.25, -0.2) is 0 Å². The Kier molecular flexibility index (Phi) is 4.60. The standard InChI is InChI=1S/C18H14Cl2N2O2/c1-11-8-12(19)2-4-15(11)21-18(24)10-22-7-6-17(23)14-9-13(20)3-5-16(14)22/h2-9H,10H2,1H3,(H,21,24). The smallest absolute Gasteiger partial charge is 0.244 e. The molecule has 0 radical (unpaired) electrons. The second kappa shape index (κ2) is 6.67. The first-order valence-corrected chi connectivity index (χ1v) is 8.04. The maximum Gasteiger partial charge on any atom is 0.244 e. The molecule has 1 heterocycles. The summed E-state index contributed by atoms with van der Waals surface area (Å²) in [5.74, 6) is -0.194. The summed E-state index contributed by atoms with van der Waals surface area (Å²) < 4.78 is 1.72. The number of fused-ring (bicyclic) bond motifs is 1. The van der Waals surface area contributed by atoms with Crippen LogP contribution < -0.4 is 10.7 Å². The van der Waals surface area contributed by atoms with Crippen molar-refractivity contribution < 1.29 is 4.79 Å². The Bertz CT molecular complexity index is 996. The highest BCUT2D eigenvalue weighted by atomic mass is 35.5. The molecule has 0 saturated carbocycles. The molecule has 0 aliphatic heterocycles. The molecule has 0 unspecified atom stereocenters. The molecular weight excluding hydrogens is 347 g/mol. The molecule has 1 aromatic heterocycles. The summed E-state index contributed by atoms with van der Waals surface area (Å²) in [5.41, 5.74) is 2.12. The van der Waals surface area contributed by atoms with Crippen molar-refractivity contribution >= 4 is 45.7 Å². The number of aromatic nitrogens is 1. The minimum atomic E-state index is -0.194. The topological polar surface area (TPSA) is 51.1 Å². The van der Waals surface area contributed by atoms with Gasteiger partial charge in [-0.1, -0.05) is 23.2 Å². The fraction of sp³-hybridized carbons (Fsp3) is 0.111. The van der Waals surface area contributed by atoms with E-state index in [4.69, 9.17) is 23.2 Å². The number of amides is 1. The zero-order valence-electron chi connectivity index (χ0n) is 12.8. The molecule has 6 heteroatoms. The molecule has 1 N–H and O–H groups in total. The summed E-state index contributed by atoms with van der Waals surface area (Å²) in [4.78, 5) is 24.3. The lowest BCUT2D eigenvalue weighted by molar-refractivity contribution is -0.116. The normalized spacial score (nSPS) is 10.8. The number of rotatable bonds is 3. The zero-order valence-corrected chi connectivity index (χ0v) is 14.4. The van der Waals surface area contributed by atoms with E-state index in [1.807, 2.05) is 6.92 Å². The van der Waals surface area contributed by atoms with Crippen molar-refractivity contribution in [3.8, 4) is 0 Å². The second-order valence-corrected chi connectivity index (χ2v) is 6.35. The molecule has 4 nitrogen and oxygen atoms in total. The van der Waals surface area contributed by atoms with Crippen LogP contribution in [0.1, 0.15) is 5.56 Å². The molecular formula is C18H14Cl2N2O2. The predicted octanol–water partition coefficient (Wildman–Crippen LogP) is 4.26. The highest BCUT2D eigenvalue weighted by molar-refractivity contribution is 6.31. The molecule has 2 aromatic carbocycles. The highest BCUT2D eigenvalue weighted by Gasteiger charge is 2.09. The van der Waals surface area contributed by atoms with Crippen molar-refractivity contribution in [3.05, 3.63) is 74.5 Å². The lowest BCUT2D eigenvalue weighted by Crippen LogP contribution is -2.20. The van der Waals surface area contributed by atoms with E-state index >= 15 is 0 Å². The Morgan fingerprint density at radius 1 is 1.08 bits per heavy atom. The lowest BCUT2D eigenvalue weighted by atomic mass is 10.2. The van der Waals surface area contributed by atoms with Crippen LogP contribution in [0.15, 0.2) is 53.5 Å². The minimum absolute atomic E-state index is 0.0838. The van der Waals surface area contributed by atoms with Gasteiger partial charge in [0, 0.05) is 33.4 Å². The molecule has 0 saturated heterocycles. The Hall–Kier alpha value is -2.30. The van der Waals surface area contributed by atoms with Crippen LogP contribution in [0.25, 0.3) is 10.9 Å². The van der Waals surface area contributed by atoms with Crippen LogP contribution in [0.2, 0.25) is 10.0 Å². The van der Waals surface area contributed by atoms with Crippen LogP contribution in [0, 0.1) is 6.92 Å². The van der Waals surface area contributed by atoms with Crippen molar-refractivity contribution in [3.63, 3.8) is 0 Å². The van der Waals surface area contributed by atoms with Crippen molar-refractivity contribution in [1.29, 1.82) is 0 Å². The molecule has 0 atom stereocenters. The van der Waals surface area contributed by atoms with Crippen molar-refractivity contribution in [1.82, 2.24) is 4.57 Å². The zero-order chi connectivity index (χ0) is 17.3. The number of nitrogens with one attached hydrogen (secondary N) is 1. The Labute approximate surface area is 148 Å². The van der Waals surface area contributed by atoms with Gasteiger partial charge in [0.1, 0.15) is 6.54 Å². The predicted molar refractivity (Wildman–Crippen MR) is 98.0 cm³/mol. The van der Waals surface area contributed by atoms with Gasteiger partial charge >= 0.3 is 0 Å². The number of anilines is 1. The number of hydrogen-bond acceptors (Lipinski definition) is 2. The van der Waals surface area contributed by atoms with Gasteiger partial charge in [0.25, 0.3) is 0 Å². The van der Waals surface area contributed by atoms with E-state index in [1.165, 1.54) is 6.07 Å². The van der Waals surface area contributed by atoms with Gasteiger partial charge in [-0.05, 0) is 48.9 Å². The molecule has 0 aliphatic rings. The maximum atomic E-state index is 12.3. The largest absolute Gasteiger partial charge is 0.338 e. The number of halogens is 2. The third-order valence-corrected chi connectivity index (χ3v) is 4.19. The van der Waals surface area contributed by atoms with E-state index in [1.54, 1.807) is 47.2 Å². The lowest BCUT2D eigenvalue weighted by Gasteiger charge is -2.12. The fourth-order valence-corrected chi connectivity index (χ4v) is 2.93. The summed E-state index contributed by atoms with van der Waals surface area (Å²) >= 11 is 11.9. The number of carbonyl (C=O) groups is 1. The SMILES string of the molecule is Cc1cc(Cl)ccc1NC(=O)Cn1ccc(=O)c2cc(Cl)ccc21. The van der Waals surface area contributed by atoms with Crippen LogP contribution in [0.5, 0.6) is 0 Å². The van der Waals surface area contributed by atoms with Gasteiger partial charge in [0.2, 0.25) is 5.91 Å². The van der Waals surface area contributed by atoms with Crippen LogP contribution in [0.3, 0.4) is 0 Å². The van der Waals surface area contributed by atoms with Crippen molar-refractivity contribution in [2.75, 3.05) is 5.32 Å². The average molecular weight is 361 g/mol. The monoisotopic (exact) mass is 360 g/mol. The van der Waals surface area contributed by atoms with Crippen LogP contribution in [0.4, 0.5) is 5.69 Å². The molecule has 0 spiro atoms. The van der Waals surface area contributed by atoms with Crippen LogP contribution in [-0.2, 0) is 11.3 Å². The quantitative estimate of drug-likeness (QED) is 0.758. The van der Waals surface area contributed by atoms with Gasteiger partial charge in [-0.2, -0.15) is 0 Å². The number of pyridine rings is 1. The highest BCUT2D eigenvalue weighted by Crippen LogP contribution is 2.20. The number of aryl methyl sites for hydroxylation is 1. The van der Waals surface area contributed by atoms with E-state index < -0.39 is 0 Å². The summed E-state index contributed by atoms with van der Waals surface area (Å²) in [7, 11) is 0. The van der Waals surface area contributed by atoms with Gasteiger partial charge < -0.3 is 9.88 Å². The average Bonchev–Trinajstić information content (AvgIpc) is 2.53. The molecule has 1 amide bonds. The number of benzene rings is 2. The molecule has 24 heavy (non-hydrogen) atoms. The Balaban J connectivity index is 1.88. The van der Waals surface area contributed by atoms with E-state index in [0.29, 0.717) is 26.6 Å². The fourth-order valence-electron chi connectivity index (χ4n) is 2.53. The van der Waals surface area contributed by atoms with E-state index in [2.05, 4.69) is 5.32 Å². The van der Waals surface area contributed by atoms with E-state index in [-0.39, 0.29) is 17.9 Å². The first-order chi connectivity index (χ1) is 11.4. The Morgan fingerprint density at radius 3 is 2.54 bits per heavy atom. The first kappa shape index (κ1) is 16.6. The van der Waals surface area contributed by atoms with Gasteiger partial charge in [0.05, 0.1) is 5.52 Å². The maximum absolute atomic E-state index is 12.3. The second-order valence-electron chi connectivity index (χ2n) is 5.48. The summed E-state index contributed by atoms with van der Waals surface area (Å²) in [5, 5.41) is 4.44. The van der Waals surface area contributed by atoms with Crippen LogP contribution in [-0.4, -0.2) is 10.5 Å². The molecule has 0 fully saturated rings. The van der Waals surface area contributed by atoms with Crippen molar-refractivity contribution in [2.24, 2.45) is 0 Å². The van der Waals surface area contributed by atoms with Gasteiger partial charge in [-0.15, -0.1) is 0 Å². The number of nitrogens with zero attached hydrogens (tertiary/aromatic N) is 1.